The number of nitrogens with one attached hydrogen (secondary N) is 1. The Labute approximate surface area is 109 Å². The third-order valence-electron chi connectivity index (χ3n) is 3.15. The molecule has 2 aliphatic carbocycles. The Hall–Kier alpha value is -0.220. The minimum absolute atomic E-state index is 0.208. The molecule has 0 heterocycles. The zero-order valence-corrected chi connectivity index (χ0v) is 12.0. The molecule has 0 aromatic rings. The fraction of sp³-hybridized carbons (Fsp3) is 1.00. The van der Waals surface area contributed by atoms with Crippen LogP contribution in [0.2, 0.25) is 0 Å². The van der Waals surface area contributed by atoms with Gasteiger partial charge in [-0.2, -0.15) is 0 Å². The summed E-state index contributed by atoms with van der Waals surface area (Å²) in [7, 11) is 0. The van der Waals surface area contributed by atoms with Gasteiger partial charge in [-0.3, -0.25) is 0 Å². The smallest absolute Gasteiger partial charge is 0.105 e. The van der Waals surface area contributed by atoms with Gasteiger partial charge in [-0.1, -0.05) is 13.8 Å². The van der Waals surface area contributed by atoms with Crippen molar-refractivity contribution in [1.82, 2.24) is 5.32 Å². The highest BCUT2D eigenvalue weighted by molar-refractivity contribution is 4.85. The molecule has 2 nitrogen and oxygen atoms in total. The average molecular weight is 263 g/mol. The molecule has 18 heavy (non-hydrogen) atoms. The molecule has 0 aliphatic heterocycles. The third-order valence-corrected chi connectivity index (χ3v) is 3.15. The van der Waals surface area contributed by atoms with Gasteiger partial charge in [0.1, 0.15) is 12.3 Å². The Morgan fingerprint density at radius 2 is 1.44 bits per heavy atom. The van der Waals surface area contributed by atoms with Crippen LogP contribution in [-0.2, 0) is 4.74 Å². The van der Waals surface area contributed by atoms with Crippen LogP contribution in [-0.4, -0.2) is 36.6 Å². The molecular weight excluding hydrogens is 236 g/mol. The standard InChI is InChI=1S/C7H14FN.C7H13FO/c2*1-5(2)9-7-3-6(8)4-7/h5-7,9H,3-4H2,1-2H3;5-7H,3-4H2,1-2H3. The molecule has 2 fully saturated rings. The Balaban J connectivity index is 0.000000180. The maximum atomic E-state index is 12.2. The van der Waals surface area contributed by atoms with E-state index in [1.807, 2.05) is 13.8 Å². The average Bonchev–Trinajstić information content (AvgIpc) is 2.12. The van der Waals surface area contributed by atoms with E-state index in [0.717, 1.165) is 12.8 Å². The summed E-state index contributed by atoms with van der Waals surface area (Å²) in [6, 6.07) is 0.961. The summed E-state index contributed by atoms with van der Waals surface area (Å²) in [5, 5.41) is 3.27. The van der Waals surface area contributed by atoms with Gasteiger partial charge >= 0.3 is 0 Å². The molecule has 0 amide bonds. The molecule has 2 rings (SSSR count). The van der Waals surface area contributed by atoms with Gasteiger partial charge in [-0.25, -0.2) is 8.78 Å². The molecule has 0 spiro atoms. The van der Waals surface area contributed by atoms with Crippen LogP contribution >= 0.6 is 0 Å². The van der Waals surface area contributed by atoms with Crippen LogP contribution in [0.1, 0.15) is 53.4 Å². The van der Waals surface area contributed by atoms with E-state index in [1.165, 1.54) is 0 Å². The Morgan fingerprint density at radius 3 is 1.78 bits per heavy atom. The number of hydrogen-bond acceptors (Lipinski definition) is 2. The first kappa shape index (κ1) is 15.8. The summed E-state index contributed by atoms with van der Waals surface area (Å²) >= 11 is 0. The molecule has 0 bridgehead atoms. The monoisotopic (exact) mass is 263 g/mol. The van der Waals surface area contributed by atoms with Crippen LogP contribution in [0, 0.1) is 0 Å². The Kier molecular flexibility index (Phi) is 6.50. The first-order chi connectivity index (χ1) is 8.36. The van der Waals surface area contributed by atoms with Crippen molar-refractivity contribution >= 4 is 0 Å². The highest BCUT2D eigenvalue weighted by atomic mass is 19.1. The van der Waals surface area contributed by atoms with Gasteiger partial charge in [0, 0.05) is 24.9 Å². The topological polar surface area (TPSA) is 21.3 Å². The minimum Gasteiger partial charge on any atom is -0.375 e. The molecule has 0 saturated heterocycles. The van der Waals surface area contributed by atoms with Crippen LogP contribution < -0.4 is 5.32 Å². The van der Waals surface area contributed by atoms with Crippen LogP contribution in [0.15, 0.2) is 0 Å². The van der Waals surface area contributed by atoms with Gasteiger partial charge in [0.15, 0.2) is 0 Å². The zero-order valence-electron chi connectivity index (χ0n) is 12.0. The molecule has 0 aromatic heterocycles. The van der Waals surface area contributed by atoms with Crippen molar-refractivity contribution in [2.45, 2.75) is 90.0 Å². The van der Waals surface area contributed by atoms with E-state index in [4.69, 9.17) is 4.74 Å². The molecule has 2 aliphatic rings. The van der Waals surface area contributed by atoms with E-state index in [-0.39, 0.29) is 12.2 Å². The number of ether oxygens (including phenoxy) is 1. The van der Waals surface area contributed by atoms with Crippen molar-refractivity contribution in [3.05, 3.63) is 0 Å². The fourth-order valence-electron chi connectivity index (χ4n) is 2.15. The maximum absolute atomic E-state index is 12.2. The van der Waals surface area contributed by atoms with Gasteiger partial charge in [-0.15, -0.1) is 0 Å². The fourth-order valence-corrected chi connectivity index (χ4v) is 2.15. The summed E-state index contributed by atoms with van der Waals surface area (Å²) in [6.45, 7) is 8.13. The van der Waals surface area contributed by atoms with Gasteiger partial charge in [0.2, 0.25) is 0 Å². The highest BCUT2D eigenvalue weighted by Crippen LogP contribution is 2.26. The van der Waals surface area contributed by atoms with E-state index in [2.05, 4.69) is 19.2 Å². The second kappa shape index (κ2) is 7.39. The molecule has 2 saturated carbocycles. The van der Waals surface area contributed by atoms with Gasteiger partial charge in [-0.05, 0) is 26.7 Å². The number of rotatable bonds is 4. The minimum atomic E-state index is -0.589. The lowest BCUT2D eigenvalue weighted by Gasteiger charge is -2.32. The SMILES string of the molecule is CC(C)NC1CC(F)C1.CC(C)OC1CC(F)C1. The molecular formula is C14H27F2NO. The van der Waals surface area contributed by atoms with Crippen molar-refractivity contribution in [1.29, 1.82) is 0 Å². The predicted molar refractivity (Wildman–Crippen MR) is 70.3 cm³/mol. The Bertz CT molecular complexity index is 200. The van der Waals surface area contributed by atoms with Crippen LogP contribution in [0.3, 0.4) is 0 Å². The normalized spacial score (nSPS) is 34.7. The zero-order chi connectivity index (χ0) is 13.7. The molecule has 1 N–H and O–H groups in total. The summed E-state index contributed by atoms with van der Waals surface area (Å²) in [5.74, 6) is 0. The summed E-state index contributed by atoms with van der Waals surface area (Å²) in [5.41, 5.74) is 0. The third kappa shape index (κ3) is 6.10. The van der Waals surface area contributed by atoms with E-state index in [9.17, 15) is 8.78 Å². The van der Waals surface area contributed by atoms with E-state index in [1.54, 1.807) is 0 Å². The number of halogens is 2. The van der Waals surface area contributed by atoms with Gasteiger partial charge in [0.25, 0.3) is 0 Å². The number of hydrogen-bond donors (Lipinski definition) is 1. The van der Waals surface area contributed by atoms with Crippen LogP contribution in [0.5, 0.6) is 0 Å². The Morgan fingerprint density at radius 1 is 0.944 bits per heavy atom. The van der Waals surface area contributed by atoms with Crippen LogP contribution in [0.4, 0.5) is 8.78 Å². The summed E-state index contributed by atoms with van der Waals surface area (Å²) in [6.07, 6.45) is 2.00. The van der Waals surface area contributed by atoms with E-state index < -0.39 is 12.3 Å². The first-order valence-corrected chi connectivity index (χ1v) is 7.06. The highest BCUT2D eigenvalue weighted by Gasteiger charge is 2.30. The lowest BCUT2D eigenvalue weighted by Crippen LogP contribution is -2.45. The second-order valence-electron chi connectivity index (χ2n) is 5.96. The van der Waals surface area contributed by atoms with Gasteiger partial charge in [0.05, 0.1) is 12.2 Å². The van der Waals surface area contributed by atoms with Crippen molar-refractivity contribution in [3.8, 4) is 0 Å². The number of alkyl halides is 2. The lowest BCUT2D eigenvalue weighted by atomic mass is 9.90. The molecule has 0 radical (unpaired) electrons. The largest absolute Gasteiger partial charge is 0.375 e. The lowest BCUT2D eigenvalue weighted by molar-refractivity contribution is -0.0693. The van der Waals surface area contributed by atoms with Crippen molar-refractivity contribution in [3.63, 3.8) is 0 Å². The molecule has 108 valence electrons. The van der Waals surface area contributed by atoms with E-state index in [0.29, 0.717) is 24.9 Å². The van der Waals surface area contributed by atoms with Crippen molar-refractivity contribution < 1.29 is 13.5 Å². The van der Waals surface area contributed by atoms with Crippen molar-refractivity contribution in [2.75, 3.05) is 0 Å². The molecule has 0 unspecified atom stereocenters. The maximum Gasteiger partial charge on any atom is 0.105 e. The van der Waals surface area contributed by atoms with Gasteiger partial charge < -0.3 is 10.1 Å². The molecule has 0 aromatic carbocycles. The van der Waals surface area contributed by atoms with E-state index >= 15 is 0 Å². The predicted octanol–water partition coefficient (Wildman–Crippen LogP) is 3.40. The quantitative estimate of drug-likeness (QED) is 0.839. The summed E-state index contributed by atoms with van der Waals surface area (Å²) in [4.78, 5) is 0. The van der Waals surface area contributed by atoms with Crippen molar-refractivity contribution in [2.24, 2.45) is 0 Å². The first-order valence-electron chi connectivity index (χ1n) is 7.06. The summed E-state index contributed by atoms with van der Waals surface area (Å²) < 4.78 is 29.6. The van der Waals surface area contributed by atoms with Crippen LogP contribution in [0.25, 0.3) is 0 Å². The second-order valence-corrected chi connectivity index (χ2v) is 5.96. The molecule has 0 atom stereocenters. The molecule has 4 heteroatoms.